The number of fused-ring (bicyclic) bond motifs is 1. The maximum atomic E-state index is 13.3. The number of hydrogen-bond acceptors (Lipinski definition) is 2. The Morgan fingerprint density at radius 2 is 1.95 bits per heavy atom. The minimum absolute atomic E-state index is 0.263. The molecular weight excluding hydrogens is 289 g/mol. The third kappa shape index (κ3) is 2.85. The summed E-state index contributed by atoms with van der Waals surface area (Å²) in [5.41, 5.74) is 2.61. The van der Waals surface area contributed by atoms with Gasteiger partial charge in [0, 0.05) is 23.3 Å². The summed E-state index contributed by atoms with van der Waals surface area (Å²) in [5, 5.41) is 4.01. The molecule has 0 atom stereocenters. The zero-order valence-electron chi connectivity index (χ0n) is 11.6. The predicted octanol–water partition coefficient (Wildman–Crippen LogP) is 4.46. The third-order valence-corrected chi connectivity index (χ3v) is 3.65. The van der Waals surface area contributed by atoms with Crippen molar-refractivity contribution in [1.82, 2.24) is 9.55 Å². The molecule has 0 aliphatic carbocycles. The topological polar surface area (TPSA) is 29.9 Å². The van der Waals surface area contributed by atoms with Gasteiger partial charge >= 0.3 is 0 Å². The molecule has 0 saturated carbocycles. The molecule has 0 spiro atoms. The Bertz CT molecular complexity index is 765. The Labute approximate surface area is 127 Å². The fourth-order valence-corrected chi connectivity index (χ4v) is 2.52. The van der Waals surface area contributed by atoms with Gasteiger partial charge in [-0.25, -0.2) is 9.37 Å². The summed E-state index contributed by atoms with van der Waals surface area (Å²) in [6.45, 7) is 3.42. The first-order chi connectivity index (χ1) is 10.2. The minimum Gasteiger partial charge on any atom is -0.378 e. The molecular formula is C16H15ClFN3. The van der Waals surface area contributed by atoms with E-state index in [4.69, 9.17) is 11.6 Å². The van der Waals surface area contributed by atoms with Crippen molar-refractivity contribution < 1.29 is 4.39 Å². The monoisotopic (exact) mass is 303 g/mol. The zero-order valence-corrected chi connectivity index (χ0v) is 12.4. The number of nitrogens with one attached hydrogen (secondary N) is 1. The first-order valence-corrected chi connectivity index (χ1v) is 7.19. The van der Waals surface area contributed by atoms with Crippen molar-refractivity contribution in [2.75, 3.05) is 5.32 Å². The van der Waals surface area contributed by atoms with Crippen LogP contribution in [0.1, 0.15) is 12.7 Å². The summed E-state index contributed by atoms with van der Waals surface area (Å²) in [6, 6.07) is 12.2. The number of imidazole rings is 1. The van der Waals surface area contributed by atoms with Crippen molar-refractivity contribution in [3.8, 4) is 0 Å². The van der Waals surface area contributed by atoms with Gasteiger partial charge in [0.05, 0.1) is 17.6 Å². The van der Waals surface area contributed by atoms with Gasteiger partial charge in [0.25, 0.3) is 0 Å². The van der Waals surface area contributed by atoms with E-state index in [1.54, 1.807) is 6.07 Å². The molecule has 3 nitrogen and oxygen atoms in total. The Morgan fingerprint density at radius 3 is 2.67 bits per heavy atom. The highest BCUT2D eigenvalue weighted by molar-refractivity contribution is 6.30. The molecule has 0 radical (unpaired) electrons. The fraction of sp³-hybridized carbons (Fsp3) is 0.188. The van der Waals surface area contributed by atoms with Gasteiger partial charge in [-0.2, -0.15) is 0 Å². The molecule has 0 unspecified atom stereocenters. The van der Waals surface area contributed by atoms with Crippen molar-refractivity contribution in [3.05, 3.63) is 59.1 Å². The molecule has 0 fully saturated rings. The van der Waals surface area contributed by atoms with Crippen LogP contribution in [0.25, 0.3) is 11.0 Å². The Hall–Kier alpha value is -2.07. The lowest BCUT2D eigenvalue weighted by atomic mass is 10.3. The number of rotatable bonds is 4. The van der Waals surface area contributed by atoms with Crippen LogP contribution in [0.2, 0.25) is 5.02 Å². The molecule has 3 aromatic rings. The Morgan fingerprint density at radius 1 is 1.19 bits per heavy atom. The number of aryl methyl sites for hydroxylation is 1. The van der Waals surface area contributed by atoms with E-state index in [9.17, 15) is 4.39 Å². The molecule has 1 N–H and O–H groups in total. The van der Waals surface area contributed by atoms with E-state index >= 15 is 0 Å². The van der Waals surface area contributed by atoms with Crippen molar-refractivity contribution in [1.29, 1.82) is 0 Å². The van der Waals surface area contributed by atoms with Crippen LogP contribution in [0, 0.1) is 5.82 Å². The van der Waals surface area contributed by atoms with Gasteiger partial charge in [-0.05, 0) is 43.3 Å². The van der Waals surface area contributed by atoms with E-state index < -0.39 is 0 Å². The van der Waals surface area contributed by atoms with Gasteiger partial charge in [-0.3, -0.25) is 0 Å². The molecule has 1 heterocycles. The highest BCUT2D eigenvalue weighted by Crippen LogP contribution is 2.19. The molecule has 0 bridgehead atoms. The molecule has 0 amide bonds. The summed E-state index contributed by atoms with van der Waals surface area (Å²) in [5.74, 6) is 0.619. The standard InChI is InChI=1S/C16H15ClFN3/c1-2-21-15-8-5-12(18)9-14(15)20-16(21)10-19-13-6-3-11(17)4-7-13/h3-9,19H,2,10H2,1H3. The van der Waals surface area contributed by atoms with Gasteiger partial charge < -0.3 is 9.88 Å². The van der Waals surface area contributed by atoms with Crippen molar-refractivity contribution >= 4 is 28.3 Å². The quantitative estimate of drug-likeness (QED) is 0.771. The van der Waals surface area contributed by atoms with Crippen molar-refractivity contribution in [2.24, 2.45) is 0 Å². The van der Waals surface area contributed by atoms with Crippen LogP contribution in [0.4, 0.5) is 10.1 Å². The Balaban J connectivity index is 1.87. The van der Waals surface area contributed by atoms with Gasteiger partial charge in [0.1, 0.15) is 11.6 Å². The zero-order chi connectivity index (χ0) is 14.8. The highest BCUT2D eigenvalue weighted by atomic mass is 35.5. The summed E-state index contributed by atoms with van der Waals surface area (Å²) >= 11 is 5.87. The lowest BCUT2D eigenvalue weighted by molar-refractivity contribution is 0.629. The molecule has 21 heavy (non-hydrogen) atoms. The minimum atomic E-state index is -0.263. The van der Waals surface area contributed by atoms with Crippen molar-refractivity contribution in [3.63, 3.8) is 0 Å². The molecule has 108 valence electrons. The van der Waals surface area contributed by atoms with Crippen LogP contribution in [-0.4, -0.2) is 9.55 Å². The molecule has 3 rings (SSSR count). The maximum Gasteiger partial charge on any atom is 0.129 e. The van der Waals surface area contributed by atoms with Crippen LogP contribution >= 0.6 is 11.6 Å². The maximum absolute atomic E-state index is 13.3. The first kappa shape index (κ1) is 13.9. The molecule has 0 saturated heterocycles. The average molecular weight is 304 g/mol. The van der Waals surface area contributed by atoms with E-state index in [-0.39, 0.29) is 5.82 Å². The van der Waals surface area contributed by atoms with Gasteiger partial charge in [-0.15, -0.1) is 0 Å². The van der Waals surface area contributed by atoms with E-state index in [1.807, 2.05) is 24.3 Å². The van der Waals surface area contributed by atoms with E-state index in [0.717, 1.165) is 23.6 Å². The molecule has 5 heteroatoms. The summed E-state index contributed by atoms with van der Waals surface area (Å²) in [7, 11) is 0. The molecule has 0 aliphatic heterocycles. The number of anilines is 1. The van der Waals surface area contributed by atoms with Crippen LogP contribution in [0.3, 0.4) is 0 Å². The van der Waals surface area contributed by atoms with Crippen LogP contribution < -0.4 is 5.32 Å². The van der Waals surface area contributed by atoms with Gasteiger partial charge in [0.2, 0.25) is 0 Å². The number of halogens is 2. The van der Waals surface area contributed by atoms with E-state index in [0.29, 0.717) is 17.1 Å². The SMILES string of the molecule is CCn1c(CNc2ccc(Cl)cc2)nc2cc(F)ccc21. The third-order valence-electron chi connectivity index (χ3n) is 3.40. The van der Waals surface area contributed by atoms with Crippen LogP contribution in [0.5, 0.6) is 0 Å². The summed E-state index contributed by atoms with van der Waals surface area (Å²) < 4.78 is 15.4. The second-order valence-electron chi connectivity index (χ2n) is 4.77. The van der Waals surface area contributed by atoms with Crippen molar-refractivity contribution in [2.45, 2.75) is 20.0 Å². The van der Waals surface area contributed by atoms with Crippen LogP contribution in [0.15, 0.2) is 42.5 Å². The Kier molecular flexibility index (Phi) is 3.80. The van der Waals surface area contributed by atoms with Crippen LogP contribution in [-0.2, 0) is 13.1 Å². The number of benzene rings is 2. The van der Waals surface area contributed by atoms with Gasteiger partial charge in [0.15, 0.2) is 0 Å². The largest absolute Gasteiger partial charge is 0.378 e. The molecule has 2 aromatic carbocycles. The second-order valence-corrected chi connectivity index (χ2v) is 5.20. The first-order valence-electron chi connectivity index (χ1n) is 6.81. The number of hydrogen-bond donors (Lipinski definition) is 1. The lowest BCUT2D eigenvalue weighted by Crippen LogP contribution is -2.07. The van der Waals surface area contributed by atoms with E-state index in [2.05, 4.69) is 21.8 Å². The molecule has 0 aliphatic rings. The average Bonchev–Trinajstić information content (AvgIpc) is 2.83. The number of aromatic nitrogens is 2. The normalized spacial score (nSPS) is 11.0. The van der Waals surface area contributed by atoms with E-state index in [1.165, 1.54) is 12.1 Å². The summed E-state index contributed by atoms with van der Waals surface area (Å²) in [4.78, 5) is 4.51. The molecule has 1 aromatic heterocycles. The van der Waals surface area contributed by atoms with Gasteiger partial charge in [-0.1, -0.05) is 11.6 Å². The number of nitrogens with zero attached hydrogens (tertiary/aromatic N) is 2. The smallest absolute Gasteiger partial charge is 0.129 e. The summed E-state index contributed by atoms with van der Waals surface area (Å²) in [6.07, 6.45) is 0. The fourth-order valence-electron chi connectivity index (χ4n) is 2.39. The lowest BCUT2D eigenvalue weighted by Gasteiger charge is -2.08. The predicted molar refractivity (Wildman–Crippen MR) is 84.1 cm³/mol. The highest BCUT2D eigenvalue weighted by Gasteiger charge is 2.10. The second kappa shape index (κ2) is 5.74.